The number of hydrogen-bond acceptors (Lipinski definition) is 9. The lowest BCUT2D eigenvalue weighted by Gasteiger charge is -2.62. The van der Waals surface area contributed by atoms with Gasteiger partial charge in [0.15, 0.2) is 5.76 Å². The van der Waals surface area contributed by atoms with Crippen molar-refractivity contribution >= 4 is 11.8 Å². The van der Waals surface area contributed by atoms with E-state index in [4.69, 9.17) is 23.7 Å². The van der Waals surface area contributed by atoms with Crippen molar-refractivity contribution in [1.82, 2.24) is 0 Å². The molecule has 3 aliphatic carbocycles. The summed E-state index contributed by atoms with van der Waals surface area (Å²) >= 11 is 0. The second-order valence-electron chi connectivity index (χ2n) is 12.3. The number of carbonyl (C=O) groups is 2. The van der Waals surface area contributed by atoms with Crippen LogP contribution < -0.4 is 0 Å². The zero-order valence-electron chi connectivity index (χ0n) is 24.2. The third-order valence-electron chi connectivity index (χ3n) is 10.2. The molecule has 1 saturated heterocycles. The molecule has 2 aromatic rings. The van der Waals surface area contributed by atoms with Crippen LogP contribution in [-0.4, -0.2) is 58.5 Å². The summed E-state index contributed by atoms with van der Waals surface area (Å²) in [6, 6.07) is 19.3. The van der Waals surface area contributed by atoms with Gasteiger partial charge in [-0.05, 0) is 36.8 Å². The average Bonchev–Trinajstić information content (AvgIpc) is 3.20. The van der Waals surface area contributed by atoms with E-state index in [1.807, 2.05) is 67.6 Å². The Balaban J connectivity index is 1.37. The van der Waals surface area contributed by atoms with Gasteiger partial charge in [0.2, 0.25) is 11.4 Å². The van der Waals surface area contributed by atoms with Crippen molar-refractivity contribution in [2.45, 2.75) is 76.2 Å². The monoisotopic (exact) mass is 578 g/mol. The number of aliphatic hydroxyl groups is 2. The van der Waals surface area contributed by atoms with E-state index in [1.165, 1.54) is 6.92 Å². The Labute approximate surface area is 245 Å². The van der Waals surface area contributed by atoms with Crippen LogP contribution in [0.5, 0.6) is 0 Å². The van der Waals surface area contributed by atoms with Crippen LogP contribution in [0.2, 0.25) is 0 Å². The molecule has 7 unspecified atom stereocenters. The van der Waals surface area contributed by atoms with Gasteiger partial charge in [-0.15, -0.1) is 0 Å². The predicted molar refractivity (Wildman–Crippen MR) is 150 cm³/mol. The van der Waals surface area contributed by atoms with Gasteiger partial charge in [-0.2, -0.15) is 0 Å². The number of allylic oxidation sites excluding steroid dienone is 1. The molecule has 1 heterocycles. The van der Waals surface area contributed by atoms with Gasteiger partial charge in [0, 0.05) is 11.0 Å². The maximum atomic E-state index is 13.7. The standard InChI is InChI=1S/C33H38O9/c1-21-14-15-31(41-20-39-18-24-12-8-5-9-13-24)30(3)16-25(34)42-33(31,32(37)22(2)26(35)27(36)28(30)32)29(21)40-19-38-17-23-10-6-4-7-11-23/h4-13,21,28-29,35,37H,14-20H2,1-3H3. The van der Waals surface area contributed by atoms with E-state index < -0.39 is 51.8 Å². The molecule has 6 rings (SSSR count). The third kappa shape index (κ3) is 3.87. The van der Waals surface area contributed by atoms with Crippen LogP contribution in [0.3, 0.4) is 0 Å². The highest BCUT2D eigenvalue weighted by molar-refractivity contribution is 6.03. The topological polar surface area (TPSA) is 121 Å². The first-order valence-electron chi connectivity index (χ1n) is 14.5. The van der Waals surface area contributed by atoms with Gasteiger partial charge in [0.25, 0.3) is 0 Å². The number of ketones is 1. The molecule has 224 valence electrons. The lowest BCUT2D eigenvalue weighted by atomic mass is 9.55. The number of benzene rings is 2. The second-order valence-corrected chi connectivity index (χ2v) is 12.3. The van der Waals surface area contributed by atoms with Crippen molar-refractivity contribution in [3.05, 3.63) is 83.1 Å². The number of aliphatic hydroxyl groups excluding tert-OH is 1. The van der Waals surface area contributed by atoms with Gasteiger partial charge in [-0.25, -0.2) is 0 Å². The maximum absolute atomic E-state index is 13.7. The SMILES string of the molecule is CC1=C(O)C(=O)C2C3(C)CC(=O)OC4(C(OCOCc5ccccc5)C(C)CCC34OCOCc3ccccc3)C12O. The van der Waals surface area contributed by atoms with Gasteiger partial charge in [-0.3, -0.25) is 9.59 Å². The first kappa shape index (κ1) is 29.0. The summed E-state index contributed by atoms with van der Waals surface area (Å²) < 4.78 is 31.2. The highest BCUT2D eigenvalue weighted by Gasteiger charge is 2.92. The quantitative estimate of drug-likeness (QED) is 0.240. The van der Waals surface area contributed by atoms with Crippen molar-refractivity contribution < 1.29 is 43.5 Å². The molecule has 3 fully saturated rings. The zero-order chi connectivity index (χ0) is 29.8. The van der Waals surface area contributed by atoms with Crippen LogP contribution in [-0.2, 0) is 46.5 Å². The lowest BCUT2D eigenvalue weighted by Crippen LogP contribution is -2.78. The first-order valence-corrected chi connectivity index (χ1v) is 14.5. The van der Waals surface area contributed by atoms with Crippen LogP contribution in [0, 0.1) is 17.3 Å². The highest BCUT2D eigenvalue weighted by atomic mass is 16.7. The fourth-order valence-corrected chi connectivity index (χ4v) is 8.35. The molecule has 0 aromatic heterocycles. The molecule has 2 saturated carbocycles. The van der Waals surface area contributed by atoms with Crippen molar-refractivity contribution in [1.29, 1.82) is 0 Å². The zero-order valence-corrected chi connectivity index (χ0v) is 24.2. The Morgan fingerprint density at radius 3 is 2.17 bits per heavy atom. The molecule has 0 amide bonds. The van der Waals surface area contributed by atoms with Gasteiger partial charge >= 0.3 is 5.97 Å². The largest absolute Gasteiger partial charge is 0.504 e. The normalized spacial score (nSPS) is 37.0. The van der Waals surface area contributed by atoms with E-state index in [-0.39, 0.29) is 38.1 Å². The summed E-state index contributed by atoms with van der Waals surface area (Å²) in [7, 11) is 0. The summed E-state index contributed by atoms with van der Waals surface area (Å²) in [5, 5.41) is 23.6. The highest BCUT2D eigenvalue weighted by Crippen LogP contribution is 2.75. The van der Waals surface area contributed by atoms with Gasteiger partial charge in [0.05, 0.1) is 25.6 Å². The van der Waals surface area contributed by atoms with Crippen molar-refractivity contribution in [2.24, 2.45) is 17.3 Å². The third-order valence-corrected chi connectivity index (χ3v) is 10.2. The van der Waals surface area contributed by atoms with E-state index in [9.17, 15) is 19.8 Å². The fraction of sp³-hybridized carbons (Fsp3) is 0.515. The molecule has 0 radical (unpaired) electrons. The van der Waals surface area contributed by atoms with Crippen LogP contribution in [0.4, 0.5) is 0 Å². The Bertz CT molecular complexity index is 1380. The Hall–Kier alpha value is -3.08. The van der Waals surface area contributed by atoms with Gasteiger partial charge in [0.1, 0.15) is 30.9 Å². The van der Waals surface area contributed by atoms with E-state index in [1.54, 1.807) is 6.92 Å². The molecule has 1 aliphatic heterocycles. The summed E-state index contributed by atoms with van der Waals surface area (Å²) in [4.78, 5) is 27.0. The minimum absolute atomic E-state index is 0.0574. The summed E-state index contributed by atoms with van der Waals surface area (Å²) in [6.45, 7) is 5.52. The number of esters is 1. The molecular weight excluding hydrogens is 540 g/mol. The predicted octanol–water partition coefficient (Wildman–Crippen LogP) is 4.37. The maximum Gasteiger partial charge on any atom is 0.307 e. The molecule has 0 spiro atoms. The minimum Gasteiger partial charge on any atom is -0.504 e. The van der Waals surface area contributed by atoms with Crippen LogP contribution >= 0.6 is 0 Å². The molecule has 42 heavy (non-hydrogen) atoms. The van der Waals surface area contributed by atoms with Gasteiger partial charge < -0.3 is 33.9 Å². The Morgan fingerprint density at radius 2 is 1.55 bits per heavy atom. The lowest BCUT2D eigenvalue weighted by molar-refractivity contribution is -0.346. The molecule has 2 bridgehead atoms. The van der Waals surface area contributed by atoms with Crippen molar-refractivity contribution in [3.63, 3.8) is 0 Å². The number of hydrogen-bond donors (Lipinski definition) is 2. The van der Waals surface area contributed by atoms with E-state index >= 15 is 0 Å². The van der Waals surface area contributed by atoms with E-state index in [0.717, 1.165) is 11.1 Å². The number of carbonyl (C=O) groups excluding carboxylic acids is 2. The summed E-state index contributed by atoms with van der Waals surface area (Å²) in [5.74, 6) is -3.07. The second kappa shape index (κ2) is 10.6. The summed E-state index contributed by atoms with van der Waals surface area (Å²) in [6.07, 6.45) is -0.0817. The molecular formula is C33H38O9. The molecule has 2 N–H and O–H groups in total. The van der Waals surface area contributed by atoms with E-state index in [0.29, 0.717) is 19.4 Å². The molecule has 9 nitrogen and oxygen atoms in total. The molecule has 7 atom stereocenters. The molecule has 2 aromatic carbocycles. The Kier molecular flexibility index (Phi) is 7.30. The van der Waals surface area contributed by atoms with Gasteiger partial charge in [-0.1, -0.05) is 74.5 Å². The average molecular weight is 579 g/mol. The number of rotatable bonds is 10. The fourth-order valence-electron chi connectivity index (χ4n) is 8.35. The van der Waals surface area contributed by atoms with Crippen molar-refractivity contribution in [3.8, 4) is 0 Å². The number of ether oxygens (including phenoxy) is 5. The Morgan fingerprint density at radius 1 is 0.952 bits per heavy atom. The van der Waals surface area contributed by atoms with Crippen LogP contribution in [0.1, 0.15) is 51.2 Å². The molecule has 9 heteroatoms. The van der Waals surface area contributed by atoms with Crippen LogP contribution in [0.25, 0.3) is 0 Å². The van der Waals surface area contributed by atoms with Crippen molar-refractivity contribution in [2.75, 3.05) is 13.6 Å². The molecule has 4 aliphatic rings. The first-order chi connectivity index (χ1) is 20.1. The van der Waals surface area contributed by atoms with E-state index in [2.05, 4.69) is 0 Å². The smallest absolute Gasteiger partial charge is 0.307 e. The number of fused-ring (bicyclic) bond motifs is 2. The number of Topliss-reactive ketones (excluding diaryl/α,β-unsaturated/α-hetero) is 1. The summed E-state index contributed by atoms with van der Waals surface area (Å²) in [5.41, 5.74) is -4.50. The van der Waals surface area contributed by atoms with Crippen LogP contribution in [0.15, 0.2) is 72.0 Å². The minimum atomic E-state index is -2.06.